The van der Waals surface area contributed by atoms with Gasteiger partial charge in [0.15, 0.2) is 0 Å². The van der Waals surface area contributed by atoms with E-state index in [0.717, 1.165) is 43.8 Å². The van der Waals surface area contributed by atoms with E-state index in [0.29, 0.717) is 17.7 Å². The van der Waals surface area contributed by atoms with E-state index in [-0.39, 0.29) is 11.9 Å². The van der Waals surface area contributed by atoms with Crippen molar-refractivity contribution in [2.75, 3.05) is 20.2 Å². The number of nitrogens with zero attached hydrogens (tertiary/aromatic N) is 2. The van der Waals surface area contributed by atoms with E-state index < -0.39 is 5.91 Å². The first-order valence-electron chi connectivity index (χ1n) is 9.65. The van der Waals surface area contributed by atoms with Gasteiger partial charge in [-0.3, -0.25) is 14.5 Å². The standard InChI is InChI=1S/C22H25N3O3/c1-28-18-7-5-15(6-8-18)13-24-11-9-17(10-12-24)25-14-16-3-2-4-19(21(23)26)20(16)22(25)27/h2-8,17H,9-14H2,1H3,(H2,23,26). The second kappa shape index (κ2) is 7.64. The van der Waals surface area contributed by atoms with E-state index >= 15 is 0 Å². The molecule has 6 nitrogen and oxygen atoms in total. The highest BCUT2D eigenvalue weighted by Gasteiger charge is 2.36. The Morgan fingerprint density at radius 2 is 1.86 bits per heavy atom. The maximum atomic E-state index is 12.9. The number of hydrogen-bond acceptors (Lipinski definition) is 4. The number of methoxy groups -OCH3 is 1. The summed E-state index contributed by atoms with van der Waals surface area (Å²) in [6, 6.07) is 13.7. The predicted octanol–water partition coefficient (Wildman–Crippen LogP) is 2.41. The summed E-state index contributed by atoms with van der Waals surface area (Å²) in [4.78, 5) is 29.0. The summed E-state index contributed by atoms with van der Waals surface area (Å²) >= 11 is 0. The molecule has 2 heterocycles. The maximum absolute atomic E-state index is 12.9. The summed E-state index contributed by atoms with van der Waals surface area (Å²) in [6.07, 6.45) is 1.86. The summed E-state index contributed by atoms with van der Waals surface area (Å²) in [6.45, 7) is 3.36. The number of likely N-dealkylation sites (tertiary alicyclic amines) is 1. The highest BCUT2D eigenvalue weighted by molar-refractivity contribution is 6.09. The van der Waals surface area contributed by atoms with Crippen LogP contribution in [0.2, 0.25) is 0 Å². The van der Waals surface area contributed by atoms with Crippen molar-refractivity contribution in [2.24, 2.45) is 5.73 Å². The molecule has 0 aromatic heterocycles. The molecule has 1 fully saturated rings. The number of hydrogen-bond donors (Lipinski definition) is 1. The number of fused-ring (bicyclic) bond motifs is 1. The van der Waals surface area contributed by atoms with Crippen molar-refractivity contribution < 1.29 is 14.3 Å². The molecule has 28 heavy (non-hydrogen) atoms. The zero-order chi connectivity index (χ0) is 19.7. The fraction of sp³-hybridized carbons (Fsp3) is 0.364. The Morgan fingerprint density at radius 3 is 2.50 bits per heavy atom. The molecule has 2 aliphatic heterocycles. The quantitative estimate of drug-likeness (QED) is 0.866. The van der Waals surface area contributed by atoms with Crippen molar-refractivity contribution in [2.45, 2.75) is 32.0 Å². The first-order valence-corrected chi connectivity index (χ1v) is 9.65. The lowest BCUT2D eigenvalue weighted by Crippen LogP contribution is -2.44. The van der Waals surface area contributed by atoms with Gasteiger partial charge in [0.05, 0.1) is 18.2 Å². The first kappa shape index (κ1) is 18.5. The Hall–Kier alpha value is -2.86. The van der Waals surface area contributed by atoms with Crippen molar-refractivity contribution in [1.82, 2.24) is 9.80 Å². The number of rotatable bonds is 5. The molecular weight excluding hydrogens is 354 g/mol. The van der Waals surface area contributed by atoms with Crippen molar-refractivity contribution in [1.29, 1.82) is 0 Å². The second-order valence-corrected chi connectivity index (χ2v) is 7.49. The molecule has 2 aliphatic rings. The zero-order valence-corrected chi connectivity index (χ0v) is 16.1. The van der Waals surface area contributed by atoms with Crippen LogP contribution in [0.1, 0.15) is 44.7 Å². The van der Waals surface area contributed by atoms with Gasteiger partial charge in [-0.15, -0.1) is 0 Å². The van der Waals surface area contributed by atoms with Crippen LogP contribution in [0.15, 0.2) is 42.5 Å². The number of amides is 2. The van der Waals surface area contributed by atoms with Gasteiger partial charge in [0.2, 0.25) is 5.91 Å². The minimum atomic E-state index is -0.540. The third kappa shape index (κ3) is 3.47. The summed E-state index contributed by atoms with van der Waals surface area (Å²) in [5.74, 6) is 0.268. The van der Waals surface area contributed by atoms with Gasteiger partial charge >= 0.3 is 0 Å². The fourth-order valence-corrected chi connectivity index (χ4v) is 4.26. The smallest absolute Gasteiger partial charge is 0.255 e. The number of nitrogens with two attached hydrogens (primary N) is 1. The normalized spacial score (nSPS) is 17.6. The number of carbonyl (C=O) groups excluding carboxylic acids is 2. The molecular formula is C22H25N3O3. The number of benzene rings is 2. The Labute approximate surface area is 164 Å². The molecule has 2 N–H and O–H groups in total. The zero-order valence-electron chi connectivity index (χ0n) is 16.1. The molecule has 0 aliphatic carbocycles. The lowest BCUT2D eigenvalue weighted by atomic mass is 10.0. The van der Waals surface area contributed by atoms with Gasteiger partial charge in [-0.25, -0.2) is 0 Å². The molecule has 1 saturated heterocycles. The molecule has 0 bridgehead atoms. The summed E-state index contributed by atoms with van der Waals surface area (Å²) in [7, 11) is 1.67. The van der Waals surface area contributed by atoms with Crippen LogP contribution < -0.4 is 10.5 Å². The minimum absolute atomic E-state index is 0.0574. The van der Waals surface area contributed by atoms with Gasteiger partial charge in [0, 0.05) is 32.2 Å². The van der Waals surface area contributed by atoms with Gasteiger partial charge < -0.3 is 15.4 Å². The lowest BCUT2D eigenvalue weighted by molar-refractivity contribution is 0.0588. The average Bonchev–Trinajstić information content (AvgIpc) is 3.06. The first-order chi connectivity index (χ1) is 13.6. The molecule has 6 heteroatoms. The van der Waals surface area contributed by atoms with E-state index in [2.05, 4.69) is 17.0 Å². The molecule has 0 atom stereocenters. The largest absolute Gasteiger partial charge is 0.497 e. The molecule has 2 aromatic rings. The third-order valence-electron chi connectivity index (χ3n) is 5.79. The number of primary amides is 1. The Kier molecular flexibility index (Phi) is 5.05. The number of piperidine rings is 1. The molecule has 4 rings (SSSR count). The van der Waals surface area contributed by atoms with Crippen LogP contribution in [-0.4, -0.2) is 47.9 Å². The van der Waals surface area contributed by atoms with Crippen LogP contribution in [0.3, 0.4) is 0 Å². The van der Waals surface area contributed by atoms with E-state index in [1.54, 1.807) is 19.2 Å². The van der Waals surface area contributed by atoms with E-state index in [4.69, 9.17) is 10.5 Å². The third-order valence-corrected chi connectivity index (χ3v) is 5.79. The molecule has 0 unspecified atom stereocenters. The number of ether oxygens (including phenoxy) is 1. The Bertz CT molecular complexity index is 886. The van der Waals surface area contributed by atoms with Gasteiger partial charge in [0.25, 0.3) is 5.91 Å². The van der Waals surface area contributed by atoms with E-state index in [1.807, 2.05) is 23.1 Å². The van der Waals surface area contributed by atoms with Crippen molar-refractivity contribution in [3.8, 4) is 5.75 Å². The van der Waals surface area contributed by atoms with Crippen LogP contribution in [0.4, 0.5) is 0 Å². The minimum Gasteiger partial charge on any atom is -0.497 e. The SMILES string of the molecule is COc1ccc(CN2CCC(N3Cc4cccc(C(N)=O)c4C3=O)CC2)cc1. The molecule has 2 amide bonds. The summed E-state index contributed by atoms with van der Waals surface area (Å²) in [5, 5.41) is 0. The molecule has 2 aromatic carbocycles. The van der Waals surface area contributed by atoms with E-state index in [1.165, 1.54) is 5.56 Å². The van der Waals surface area contributed by atoms with Gasteiger partial charge in [-0.2, -0.15) is 0 Å². The monoisotopic (exact) mass is 379 g/mol. The van der Waals surface area contributed by atoms with Crippen LogP contribution in [0.25, 0.3) is 0 Å². The second-order valence-electron chi connectivity index (χ2n) is 7.49. The fourth-order valence-electron chi connectivity index (χ4n) is 4.26. The van der Waals surface area contributed by atoms with Crippen molar-refractivity contribution in [3.63, 3.8) is 0 Å². The van der Waals surface area contributed by atoms with Crippen LogP contribution in [-0.2, 0) is 13.1 Å². The van der Waals surface area contributed by atoms with Gasteiger partial charge in [-0.05, 0) is 42.2 Å². The predicted molar refractivity (Wildman–Crippen MR) is 106 cm³/mol. The van der Waals surface area contributed by atoms with Gasteiger partial charge in [-0.1, -0.05) is 24.3 Å². The number of carbonyl (C=O) groups is 2. The van der Waals surface area contributed by atoms with Crippen molar-refractivity contribution in [3.05, 3.63) is 64.7 Å². The van der Waals surface area contributed by atoms with Crippen LogP contribution >= 0.6 is 0 Å². The summed E-state index contributed by atoms with van der Waals surface area (Å²) < 4.78 is 5.21. The molecule has 0 spiro atoms. The topological polar surface area (TPSA) is 75.9 Å². The van der Waals surface area contributed by atoms with Crippen LogP contribution in [0.5, 0.6) is 5.75 Å². The highest BCUT2D eigenvalue weighted by atomic mass is 16.5. The lowest BCUT2D eigenvalue weighted by Gasteiger charge is -2.36. The van der Waals surface area contributed by atoms with Gasteiger partial charge in [0.1, 0.15) is 5.75 Å². The maximum Gasteiger partial charge on any atom is 0.255 e. The summed E-state index contributed by atoms with van der Waals surface area (Å²) in [5.41, 5.74) is 8.45. The Morgan fingerprint density at radius 1 is 1.14 bits per heavy atom. The highest BCUT2D eigenvalue weighted by Crippen LogP contribution is 2.31. The van der Waals surface area contributed by atoms with Crippen molar-refractivity contribution >= 4 is 11.8 Å². The average molecular weight is 379 g/mol. The van der Waals surface area contributed by atoms with Crippen LogP contribution in [0, 0.1) is 0 Å². The molecule has 0 saturated carbocycles. The molecule has 146 valence electrons. The molecule has 0 radical (unpaired) electrons. The Balaban J connectivity index is 1.38. The van der Waals surface area contributed by atoms with E-state index in [9.17, 15) is 9.59 Å².